The van der Waals surface area contributed by atoms with Crippen LogP contribution in [0.15, 0.2) is 4.99 Å². The van der Waals surface area contributed by atoms with E-state index in [2.05, 4.69) is 33.6 Å². The fourth-order valence-electron chi connectivity index (χ4n) is 2.49. The number of methoxy groups -OCH3 is 1. The molecule has 0 unspecified atom stereocenters. The topological polar surface area (TPSA) is 69.2 Å². The third-order valence-corrected chi connectivity index (χ3v) is 4.47. The summed E-state index contributed by atoms with van der Waals surface area (Å²) in [5.41, 5.74) is 0. The van der Waals surface area contributed by atoms with Crippen molar-refractivity contribution in [1.29, 1.82) is 0 Å². The number of nitrogens with zero attached hydrogens (tertiary/aromatic N) is 3. The van der Waals surface area contributed by atoms with Crippen LogP contribution >= 0.6 is 35.7 Å². The Balaban J connectivity index is 0.00000576. The maximum absolute atomic E-state index is 11.8. The second-order valence-electron chi connectivity index (χ2n) is 5.69. The van der Waals surface area contributed by atoms with Crippen LogP contribution in [0.1, 0.15) is 13.3 Å². The number of amides is 1. The number of thioether (sulfide) groups is 1. The largest absolute Gasteiger partial charge is 0.383 e. The lowest BCUT2D eigenvalue weighted by Gasteiger charge is -2.36. The van der Waals surface area contributed by atoms with Crippen LogP contribution in [0.25, 0.3) is 0 Å². The first-order valence-electron chi connectivity index (χ1n) is 8.71. The molecule has 0 spiro atoms. The van der Waals surface area contributed by atoms with Gasteiger partial charge in [0.05, 0.1) is 13.2 Å². The molecule has 1 saturated heterocycles. The van der Waals surface area contributed by atoms with Crippen molar-refractivity contribution >= 4 is 47.6 Å². The number of rotatable bonds is 10. The van der Waals surface area contributed by atoms with Crippen molar-refractivity contribution in [2.24, 2.45) is 4.99 Å². The summed E-state index contributed by atoms with van der Waals surface area (Å²) in [7, 11) is 1.63. The van der Waals surface area contributed by atoms with Gasteiger partial charge in [0.2, 0.25) is 5.91 Å². The molecule has 0 aromatic rings. The van der Waals surface area contributed by atoms with Gasteiger partial charge in [-0.15, -0.1) is 24.0 Å². The third kappa shape index (κ3) is 11.1. The highest BCUT2D eigenvalue weighted by Gasteiger charge is 2.20. The lowest BCUT2D eigenvalue weighted by molar-refractivity contribution is -0.122. The Kier molecular flexibility index (Phi) is 15.8. The lowest BCUT2D eigenvalue weighted by atomic mass is 10.3. The van der Waals surface area contributed by atoms with Gasteiger partial charge in [0.15, 0.2) is 5.96 Å². The van der Waals surface area contributed by atoms with E-state index in [4.69, 9.17) is 9.73 Å². The highest BCUT2D eigenvalue weighted by Crippen LogP contribution is 2.03. The number of carbonyl (C=O) groups is 1. The minimum absolute atomic E-state index is 0. The average molecular weight is 487 g/mol. The van der Waals surface area contributed by atoms with Crippen LogP contribution in [-0.4, -0.2) is 99.7 Å². The van der Waals surface area contributed by atoms with E-state index >= 15 is 0 Å². The molecular formula is C16H34IN5O2S. The lowest BCUT2D eigenvalue weighted by Crippen LogP contribution is -2.54. The summed E-state index contributed by atoms with van der Waals surface area (Å²) >= 11 is 1.86. The molecule has 1 aliphatic heterocycles. The maximum atomic E-state index is 11.8. The molecule has 0 radical (unpaired) electrons. The van der Waals surface area contributed by atoms with Crippen LogP contribution in [-0.2, 0) is 9.53 Å². The molecule has 1 rings (SSSR count). The normalized spacial score (nSPS) is 15.6. The number of halogens is 1. The van der Waals surface area contributed by atoms with E-state index in [1.807, 2.05) is 11.8 Å². The molecule has 1 aliphatic rings. The van der Waals surface area contributed by atoms with Crippen LogP contribution in [0.4, 0.5) is 0 Å². The maximum Gasteiger partial charge on any atom is 0.234 e. The van der Waals surface area contributed by atoms with Crippen LogP contribution in [0.5, 0.6) is 0 Å². The number of piperazine rings is 1. The molecule has 0 atom stereocenters. The molecular weight excluding hydrogens is 453 g/mol. The Bertz CT molecular complexity index is 380. The minimum atomic E-state index is 0. The number of ether oxygens (including phenoxy) is 1. The molecule has 7 nitrogen and oxygen atoms in total. The van der Waals surface area contributed by atoms with Crippen molar-refractivity contribution in [2.75, 3.05) is 78.1 Å². The Hall–Kier alpha value is -0.260. The van der Waals surface area contributed by atoms with Gasteiger partial charge in [-0.3, -0.25) is 14.7 Å². The zero-order chi connectivity index (χ0) is 17.6. The molecule has 2 N–H and O–H groups in total. The van der Waals surface area contributed by atoms with Crippen molar-refractivity contribution in [3.63, 3.8) is 0 Å². The molecule has 1 amide bonds. The molecule has 0 bridgehead atoms. The van der Waals surface area contributed by atoms with Gasteiger partial charge in [-0.25, -0.2) is 0 Å². The van der Waals surface area contributed by atoms with Gasteiger partial charge in [-0.1, -0.05) is 0 Å². The van der Waals surface area contributed by atoms with Gasteiger partial charge in [0, 0.05) is 52.9 Å². The van der Waals surface area contributed by atoms with Gasteiger partial charge >= 0.3 is 0 Å². The highest BCUT2D eigenvalue weighted by molar-refractivity contribution is 14.0. The summed E-state index contributed by atoms with van der Waals surface area (Å²) in [5.74, 6) is 2.22. The van der Waals surface area contributed by atoms with E-state index in [9.17, 15) is 4.79 Å². The van der Waals surface area contributed by atoms with E-state index in [1.165, 1.54) is 0 Å². The molecule has 0 aliphatic carbocycles. The Morgan fingerprint density at radius 2 is 1.96 bits per heavy atom. The fourth-order valence-corrected chi connectivity index (χ4v) is 2.91. The smallest absolute Gasteiger partial charge is 0.234 e. The number of hydrogen-bond donors (Lipinski definition) is 2. The van der Waals surface area contributed by atoms with Crippen molar-refractivity contribution in [3.8, 4) is 0 Å². The molecule has 0 saturated carbocycles. The molecule has 1 heterocycles. The predicted octanol–water partition coefficient (Wildman–Crippen LogP) is 0.703. The third-order valence-electron chi connectivity index (χ3n) is 3.77. The van der Waals surface area contributed by atoms with Gasteiger partial charge in [0.25, 0.3) is 0 Å². The molecule has 9 heteroatoms. The van der Waals surface area contributed by atoms with E-state index in [1.54, 1.807) is 7.11 Å². The number of carbonyl (C=O) groups excluding carboxylic acids is 1. The quantitative estimate of drug-likeness (QED) is 0.205. The second-order valence-corrected chi connectivity index (χ2v) is 6.67. The van der Waals surface area contributed by atoms with Crippen molar-refractivity contribution in [2.45, 2.75) is 13.3 Å². The number of guanidine groups is 1. The van der Waals surface area contributed by atoms with Gasteiger partial charge < -0.3 is 20.3 Å². The van der Waals surface area contributed by atoms with Gasteiger partial charge in [0.1, 0.15) is 0 Å². The van der Waals surface area contributed by atoms with Crippen LogP contribution < -0.4 is 10.6 Å². The first-order chi connectivity index (χ1) is 11.7. The zero-order valence-electron chi connectivity index (χ0n) is 15.8. The average Bonchev–Trinajstić information content (AvgIpc) is 2.59. The van der Waals surface area contributed by atoms with Gasteiger partial charge in [-0.05, 0) is 25.4 Å². The van der Waals surface area contributed by atoms with Crippen molar-refractivity contribution in [1.82, 2.24) is 20.4 Å². The van der Waals surface area contributed by atoms with Gasteiger partial charge in [-0.2, -0.15) is 11.8 Å². The zero-order valence-corrected chi connectivity index (χ0v) is 18.9. The highest BCUT2D eigenvalue weighted by atomic mass is 127. The standard InChI is InChI=1S/C16H33N5O2S.HI/c1-4-17-16(19-6-5-13-24-3)21-10-8-20(9-11-21)14-15(22)18-7-12-23-2;/h4-14H2,1-3H3,(H,17,19)(H,18,22);1H. The Labute approximate surface area is 173 Å². The summed E-state index contributed by atoms with van der Waals surface area (Å²) < 4.78 is 4.94. The summed E-state index contributed by atoms with van der Waals surface area (Å²) in [5, 5.41) is 6.24. The monoisotopic (exact) mass is 487 g/mol. The van der Waals surface area contributed by atoms with Crippen LogP contribution in [0.3, 0.4) is 0 Å². The predicted molar refractivity (Wildman–Crippen MR) is 117 cm³/mol. The Morgan fingerprint density at radius 3 is 2.56 bits per heavy atom. The van der Waals surface area contributed by atoms with E-state index in [0.29, 0.717) is 19.7 Å². The number of aliphatic imine (C=N–C) groups is 1. The number of hydrogen-bond acceptors (Lipinski definition) is 5. The summed E-state index contributed by atoms with van der Waals surface area (Å²) in [6, 6.07) is 0. The van der Waals surface area contributed by atoms with Crippen molar-refractivity contribution < 1.29 is 9.53 Å². The Morgan fingerprint density at radius 1 is 1.24 bits per heavy atom. The molecule has 0 aromatic heterocycles. The summed E-state index contributed by atoms with van der Waals surface area (Å²) in [6.07, 6.45) is 3.23. The summed E-state index contributed by atoms with van der Waals surface area (Å²) in [6.45, 7) is 8.99. The first kappa shape index (κ1) is 24.7. The van der Waals surface area contributed by atoms with Crippen molar-refractivity contribution in [3.05, 3.63) is 0 Å². The summed E-state index contributed by atoms with van der Waals surface area (Å²) in [4.78, 5) is 21.0. The molecule has 1 fully saturated rings. The number of nitrogens with one attached hydrogen (secondary N) is 2. The van der Waals surface area contributed by atoms with Crippen LogP contribution in [0, 0.1) is 0 Å². The molecule has 148 valence electrons. The van der Waals surface area contributed by atoms with Crippen LogP contribution in [0.2, 0.25) is 0 Å². The minimum Gasteiger partial charge on any atom is -0.383 e. The molecule has 25 heavy (non-hydrogen) atoms. The molecule has 0 aromatic carbocycles. The second kappa shape index (κ2) is 16.0. The first-order valence-corrected chi connectivity index (χ1v) is 10.1. The SMILES string of the molecule is CCNC(=NCCCSC)N1CCN(CC(=O)NCCOC)CC1.I. The fraction of sp³-hybridized carbons (Fsp3) is 0.875. The van der Waals surface area contributed by atoms with E-state index in [0.717, 1.165) is 57.4 Å². The van der Waals surface area contributed by atoms with E-state index in [-0.39, 0.29) is 29.9 Å². The van der Waals surface area contributed by atoms with E-state index < -0.39 is 0 Å².